The smallest absolute Gasteiger partial charge is 0.0701 e. The van der Waals surface area contributed by atoms with Crippen LogP contribution in [-0.2, 0) is 47.4 Å². The van der Waals surface area contributed by atoms with Crippen LogP contribution in [0.4, 0.5) is 0 Å². The second kappa shape index (κ2) is 37.9. The summed E-state index contributed by atoms with van der Waals surface area (Å²) in [5, 5.41) is 0. The minimum atomic E-state index is 0.329. The highest BCUT2D eigenvalue weighted by Crippen LogP contribution is 2.21. The Kier molecular flexibility index (Phi) is 40.4. The van der Waals surface area contributed by atoms with Gasteiger partial charge in [0.15, 0.2) is 0 Å². The minimum Gasteiger partial charge on any atom is -0.379 e. The third-order valence-corrected chi connectivity index (χ3v) is 8.58. The highest BCUT2D eigenvalue weighted by Gasteiger charge is 2.13. The monoisotopic (exact) mass is 867 g/mol. The first-order chi connectivity index (χ1) is 27.6. The molecule has 60 heavy (non-hydrogen) atoms. The van der Waals surface area contributed by atoms with E-state index >= 15 is 0 Å². The van der Waals surface area contributed by atoms with Crippen molar-refractivity contribution in [2.75, 3.05) is 132 Å². The second-order valence-electron chi connectivity index (χ2n) is 23.0. The van der Waals surface area contributed by atoms with Crippen molar-refractivity contribution in [2.24, 2.45) is 32.5 Å². The quantitative estimate of drug-likeness (QED) is 0.0594. The Labute approximate surface area is 374 Å². The van der Waals surface area contributed by atoms with Crippen molar-refractivity contribution >= 4 is 0 Å². The van der Waals surface area contributed by atoms with E-state index in [0.717, 1.165) is 91.4 Å². The Morgan fingerprint density at radius 2 is 0.233 bits per heavy atom. The average Bonchev–Trinajstić information content (AvgIpc) is 3.07. The van der Waals surface area contributed by atoms with Gasteiger partial charge in [-0.3, -0.25) is 0 Å². The van der Waals surface area contributed by atoms with E-state index in [-0.39, 0.29) is 0 Å². The molecule has 0 bridgehead atoms. The van der Waals surface area contributed by atoms with Gasteiger partial charge in [0.2, 0.25) is 0 Å². The SMILES string of the molecule is CC(C)(C)CCOCCOCCC(C)(C)C.CC(C)(C)CCOCCOCCOCCC(C)(C)C.CC(C)(C)CCOCCOCCOCCOCCOCCC(C)(C)C. The fraction of sp³-hybridized carbons (Fsp3) is 1.00. The zero-order chi connectivity index (χ0) is 46.5. The summed E-state index contributed by atoms with van der Waals surface area (Å²) in [7, 11) is 0. The number of hydrogen-bond acceptors (Lipinski definition) is 10. The average molecular weight is 867 g/mol. The van der Waals surface area contributed by atoms with Gasteiger partial charge in [-0.1, -0.05) is 125 Å². The standard InChI is InChI=1S/C20H42O5.C16H34O3.C14H30O2/c1-19(2,3)7-9-21-11-13-23-15-17-25-18-16-24-14-12-22-10-8-20(4,5)6;1-15(2,3)7-9-17-11-13-19-14-12-18-10-8-16(4,5)6;1-13(2,3)7-9-15-11-12-16-10-8-14(4,5)6/h7-18H2,1-6H3;7-14H2,1-6H3;7-12H2,1-6H3. The van der Waals surface area contributed by atoms with Crippen molar-refractivity contribution in [3.63, 3.8) is 0 Å². The van der Waals surface area contributed by atoms with Gasteiger partial charge in [0, 0.05) is 39.6 Å². The molecule has 0 heterocycles. The van der Waals surface area contributed by atoms with Crippen LogP contribution in [0.15, 0.2) is 0 Å². The van der Waals surface area contributed by atoms with Gasteiger partial charge in [-0.25, -0.2) is 0 Å². The van der Waals surface area contributed by atoms with Gasteiger partial charge < -0.3 is 47.4 Å². The zero-order valence-electron chi connectivity index (χ0n) is 43.5. The first-order valence-electron chi connectivity index (χ1n) is 23.4. The first kappa shape index (κ1) is 63.9. The summed E-state index contributed by atoms with van der Waals surface area (Å²) in [5.74, 6) is 0. The second-order valence-corrected chi connectivity index (χ2v) is 23.0. The lowest BCUT2D eigenvalue weighted by atomic mass is 9.93. The van der Waals surface area contributed by atoms with Gasteiger partial charge >= 0.3 is 0 Å². The van der Waals surface area contributed by atoms with Gasteiger partial charge in [0.1, 0.15) is 0 Å². The Morgan fingerprint density at radius 1 is 0.150 bits per heavy atom. The molecule has 0 N–H and O–H groups in total. The summed E-state index contributed by atoms with van der Waals surface area (Å²) in [5.41, 5.74) is 2.09. The summed E-state index contributed by atoms with van der Waals surface area (Å²) in [4.78, 5) is 0. The van der Waals surface area contributed by atoms with Crippen LogP contribution < -0.4 is 0 Å². The highest BCUT2D eigenvalue weighted by atomic mass is 16.6. The molecule has 0 fully saturated rings. The molecule has 0 aromatic rings. The lowest BCUT2D eigenvalue weighted by Gasteiger charge is -2.18. The molecule has 0 aromatic heterocycles. The molecule has 0 unspecified atom stereocenters. The molecule has 0 atom stereocenters. The maximum Gasteiger partial charge on any atom is 0.0701 e. The van der Waals surface area contributed by atoms with Crippen LogP contribution in [0, 0.1) is 32.5 Å². The third-order valence-electron chi connectivity index (χ3n) is 8.58. The predicted molar refractivity (Wildman–Crippen MR) is 253 cm³/mol. The first-order valence-corrected chi connectivity index (χ1v) is 23.4. The van der Waals surface area contributed by atoms with E-state index in [4.69, 9.17) is 47.4 Å². The summed E-state index contributed by atoms with van der Waals surface area (Å²) in [6.45, 7) is 54.0. The number of rotatable bonds is 33. The molecule has 0 aromatic carbocycles. The maximum atomic E-state index is 5.53. The molecule has 10 heteroatoms. The van der Waals surface area contributed by atoms with E-state index in [2.05, 4.69) is 125 Å². The van der Waals surface area contributed by atoms with Crippen molar-refractivity contribution in [1.29, 1.82) is 0 Å². The molecule has 10 nitrogen and oxygen atoms in total. The molecule has 0 saturated carbocycles. The van der Waals surface area contributed by atoms with Crippen LogP contribution in [-0.4, -0.2) is 132 Å². The van der Waals surface area contributed by atoms with Crippen molar-refractivity contribution in [1.82, 2.24) is 0 Å². The van der Waals surface area contributed by atoms with Crippen molar-refractivity contribution in [3.05, 3.63) is 0 Å². The minimum absolute atomic E-state index is 0.329. The third kappa shape index (κ3) is 72.1. The molecule has 0 saturated heterocycles. The van der Waals surface area contributed by atoms with Crippen molar-refractivity contribution in [2.45, 2.75) is 163 Å². The normalized spacial score (nSPS) is 12.9. The summed E-state index contributed by atoms with van der Waals surface area (Å²) in [6.07, 6.45) is 6.52. The fourth-order valence-electron chi connectivity index (χ4n) is 4.12. The van der Waals surface area contributed by atoms with E-state index in [1.807, 2.05) is 0 Å². The van der Waals surface area contributed by atoms with Gasteiger partial charge in [-0.05, 0) is 71.0 Å². The van der Waals surface area contributed by atoms with Crippen LogP contribution in [0.2, 0.25) is 0 Å². The van der Waals surface area contributed by atoms with Gasteiger partial charge in [-0.15, -0.1) is 0 Å². The van der Waals surface area contributed by atoms with E-state index < -0.39 is 0 Å². The Hall–Kier alpha value is -0.400. The molecule has 0 aliphatic rings. The Bertz CT molecular complexity index is 800. The molecule has 0 aliphatic carbocycles. The van der Waals surface area contributed by atoms with Crippen molar-refractivity contribution in [3.8, 4) is 0 Å². The molecular weight excluding hydrogens is 761 g/mol. The van der Waals surface area contributed by atoms with Crippen LogP contribution in [0.1, 0.15) is 163 Å². The summed E-state index contributed by atoms with van der Waals surface area (Å²) in [6, 6.07) is 0. The molecule has 0 radical (unpaired) electrons. The predicted octanol–water partition coefficient (Wildman–Crippen LogP) is 11.7. The number of hydrogen-bond donors (Lipinski definition) is 0. The molecule has 0 amide bonds. The van der Waals surface area contributed by atoms with Crippen LogP contribution in [0.3, 0.4) is 0 Å². The Balaban J connectivity index is -0.000000835. The maximum absolute atomic E-state index is 5.53. The molecule has 0 rings (SSSR count). The molecule has 0 spiro atoms. The van der Waals surface area contributed by atoms with E-state index in [1.165, 1.54) is 0 Å². The summed E-state index contributed by atoms with van der Waals surface area (Å²) < 4.78 is 54.9. The van der Waals surface area contributed by atoms with E-state index in [9.17, 15) is 0 Å². The van der Waals surface area contributed by atoms with E-state index in [0.29, 0.717) is 112 Å². The molecule has 366 valence electrons. The van der Waals surface area contributed by atoms with Gasteiger partial charge in [-0.2, -0.15) is 0 Å². The van der Waals surface area contributed by atoms with Gasteiger partial charge in [0.05, 0.1) is 92.5 Å². The zero-order valence-corrected chi connectivity index (χ0v) is 43.5. The summed E-state index contributed by atoms with van der Waals surface area (Å²) >= 11 is 0. The van der Waals surface area contributed by atoms with E-state index in [1.54, 1.807) is 0 Å². The topological polar surface area (TPSA) is 92.3 Å². The molecule has 0 aliphatic heterocycles. The fourth-order valence-corrected chi connectivity index (χ4v) is 4.12. The van der Waals surface area contributed by atoms with Crippen LogP contribution in [0.5, 0.6) is 0 Å². The van der Waals surface area contributed by atoms with Crippen LogP contribution >= 0.6 is 0 Å². The lowest BCUT2D eigenvalue weighted by molar-refractivity contribution is -0.0135. The van der Waals surface area contributed by atoms with Crippen LogP contribution in [0.25, 0.3) is 0 Å². The largest absolute Gasteiger partial charge is 0.379 e. The Morgan fingerprint density at radius 3 is 0.317 bits per heavy atom. The molecular formula is C50H106O10. The lowest BCUT2D eigenvalue weighted by Crippen LogP contribution is -2.15. The number of ether oxygens (including phenoxy) is 10. The highest BCUT2D eigenvalue weighted by molar-refractivity contribution is 4.63. The van der Waals surface area contributed by atoms with Gasteiger partial charge in [0.25, 0.3) is 0 Å². The van der Waals surface area contributed by atoms with Crippen molar-refractivity contribution < 1.29 is 47.4 Å².